The van der Waals surface area contributed by atoms with Crippen molar-refractivity contribution < 1.29 is 0 Å². The van der Waals surface area contributed by atoms with E-state index < -0.39 is 0 Å². The van der Waals surface area contributed by atoms with Crippen molar-refractivity contribution in [3.63, 3.8) is 0 Å². The maximum absolute atomic E-state index is 3.33. The Kier molecular flexibility index (Phi) is 3.37. The standard InChI is InChI=1S/C15H16N/c1-12-8-10-14(11-9-12)15(16-2)13-6-4-3-5-7-13/h3-4,6-11,15-16H,1-2H3. The third-order valence-corrected chi connectivity index (χ3v) is 2.76. The molecule has 2 aromatic rings. The van der Waals surface area contributed by atoms with Crippen molar-refractivity contribution in [2.45, 2.75) is 13.0 Å². The molecule has 0 aliphatic carbocycles. The Hall–Kier alpha value is -1.60. The minimum absolute atomic E-state index is 0.248. The van der Waals surface area contributed by atoms with Crippen LogP contribution >= 0.6 is 0 Å². The van der Waals surface area contributed by atoms with Crippen molar-refractivity contribution in [3.8, 4) is 0 Å². The maximum Gasteiger partial charge on any atom is 0.0574 e. The third-order valence-electron chi connectivity index (χ3n) is 2.76. The Balaban J connectivity index is 2.33. The number of aryl methyl sites for hydroxylation is 1. The molecule has 0 amide bonds. The zero-order chi connectivity index (χ0) is 11.4. The molecular weight excluding hydrogens is 194 g/mol. The van der Waals surface area contributed by atoms with E-state index in [1.165, 1.54) is 16.7 Å². The quantitative estimate of drug-likeness (QED) is 0.820. The van der Waals surface area contributed by atoms with Crippen LogP contribution in [0.5, 0.6) is 0 Å². The molecule has 16 heavy (non-hydrogen) atoms. The molecule has 1 unspecified atom stereocenters. The summed E-state index contributed by atoms with van der Waals surface area (Å²) in [5, 5.41) is 3.33. The first-order valence-corrected chi connectivity index (χ1v) is 5.51. The highest BCUT2D eigenvalue weighted by Crippen LogP contribution is 2.21. The van der Waals surface area contributed by atoms with Crippen molar-refractivity contribution in [2.75, 3.05) is 7.05 Å². The van der Waals surface area contributed by atoms with Crippen LogP contribution in [0.25, 0.3) is 0 Å². The molecular formula is C15H16N. The second kappa shape index (κ2) is 4.95. The molecule has 1 nitrogen and oxygen atoms in total. The molecule has 0 fully saturated rings. The van der Waals surface area contributed by atoms with Crippen molar-refractivity contribution in [3.05, 3.63) is 71.3 Å². The summed E-state index contributed by atoms with van der Waals surface area (Å²) in [6, 6.07) is 20.1. The SMILES string of the molecule is CNC(c1c[c]ccc1)c1ccc(C)cc1. The molecule has 2 aromatic carbocycles. The largest absolute Gasteiger partial charge is 0.309 e. The van der Waals surface area contributed by atoms with Crippen molar-refractivity contribution in [1.29, 1.82) is 0 Å². The molecule has 2 rings (SSSR count). The van der Waals surface area contributed by atoms with Gasteiger partial charge in [0.1, 0.15) is 0 Å². The van der Waals surface area contributed by atoms with E-state index in [4.69, 9.17) is 0 Å². The van der Waals surface area contributed by atoms with Gasteiger partial charge in [-0.15, -0.1) is 0 Å². The zero-order valence-corrected chi connectivity index (χ0v) is 9.70. The Labute approximate surface area is 97.1 Å². The lowest BCUT2D eigenvalue weighted by atomic mass is 9.98. The molecule has 0 aromatic heterocycles. The molecule has 0 aliphatic rings. The van der Waals surface area contributed by atoms with Gasteiger partial charge in [-0.05, 0) is 37.2 Å². The minimum atomic E-state index is 0.248. The smallest absolute Gasteiger partial charge is 0.0574 e. The molecule has 0 saturated heterocycles. The summed E-state index contributed by atoms with van der Waals surface area (Å²) >= 11 is 0. The summed E-state index contributed by atoms with van der Waals surface area (Å²) in [7, 11) is 1.98. The number of hydrogen-bond acceptors (Lipinski definition) is 1. The van der Waals surface area contributed by atoms with Crippen LogP contribution in [0.3, 0.4) is 0 Å². The van der Waals surface area contributed by atoms with E-state index >= 15 is 0 Å². The predicted molar refractivity (Wildman–Crippen MR) is 67.4 cm³/mol. The van der Waals surface area contributed by atoms with Crippen LogP contribution in [0.1, 0.15) is 22.7 Å². The summed E-state index contributed by atoms with van der Waals surface area (Å²) in [4.78, 5) is 0. The van der Waals surface area contributed by atoms with Gasteiger partial charge in [-0.1, -0.05) is 48.0 Å². The van der Waals surface area contributed by atoms with Gasteiger partial charge in [-0.2, -0.15) is 0 Å². The maximum atomic E-state index is 3.33. The minimum Gasteiger partial charge on any atom is -0.309 e. The normalized spacial score (nSPS) is 12.4. The lowest BCUT2D eigenvalue weighted by Crippen LogP contribution is -2.17. The monoisotopic (exact) mass is 210 g/mol. The van der Waals surface area contributed by atoms with Gasteiger partial charge in [-0.3, -0.25) is 0 Å². The van der Waals surface area contributed by atoms with Crippen molar-refractivity contribution in [1.82, 2.24) is 5.32 Å². The molecule has 0 spiro atoms. The van der Waals surface area contributed by atoms with E-state index in [0.717, 1.165) is 0 Å². The molecule has 0 heterocycles. The highest BCUT2D eigenvalue weighted by Gasteiger charge is 2.10. The lowest BCUT2D eigenvalue weighted by Gasteiger charge is -2.17. The molecule has 81 valence electrons. The number of benzene rings is 2. The fourth-order valence-corrected chi connectivity index (χ4v) is 1.87. The summed E-state index contributed by atoms with van der Waals surface area (Å²) in [5.41, 5.74) is 3.82. The van der Waals surface area contributed by atoms with Crippen LogP contribution in [-0.4, -0.2) is 7.05 Å². The molecule has 0 aliphatic heterocycles. The van der Waals surface area contributed by atoms with E-state index in [1.807, 2.05) is 25.2 Å². The first kappa shape index (κ1) is 10.9. The highest BCUT2D eigenvalue weighted by atomic mass is 14.9. The Morgan fingerprint density at radius 3 is 2.38 bits per heavy atom. The third kappa shape index (κ3) is 2.31. The molecule has 1 heteroatoms. The summed E-state index contributed by atoms with van der Waals surface area (Å²) in [6.07, 6.45) is 0. The molecule has 1 N–H and O–H groups in total. The fraction of sp³-hybridized carbons (Fsp3) is 0.200. The summed E-state index contributed by atoms with van der Waals surface area (Å²) in [6.45, 7) is 2.11. The summed E-state index contributed by atoms with van der Waals surface area (Å²) < 4.78 is 0. The van der Waals surface area contributed by atoms with Crippen LogP contribution in [0.15, 0.2) is 48.5 Å². The van der Waals surface area contributed by atoms with E-state index in [2.05, 4.69) is 48.6 Å². The molecule has 0 saturated carbocycles. The second-order valence-corrected chi connectivity index (χ2v) is 3.97. The van der Waals surface area contributed by atoms with Gasteiger partial charge in [0.25, 0.3) is 0 Å². The van der Waals surface area contributed by atoms with Crippen LogP contribution in [0, 0.1) is 13.0 Å². The van der Waals surface area contributed by atoms with Crippen LogP contribution < -0.4 is 5.32 Å². The van der Waals surface area contributed by atoms with Gasteiger partial charge in [0.05, 0.1) is 6.04 Å². The van der Waals surface area contributed by atoms with Gasteiger partial charge in [0.15, 0.2) is 0 Å². The van der Waals surface area contributed by atoms with E-state index in [1.54, 1.807) is 0 Å². The number of rotatable bonds is 3. The topological polar surface area (TPSA) is 12.0 Å². The van der Waals surface area contributed by atoms with E-state index in [-0.39, 0.29) is 6.04 Å². The van der Waals surface area contributed by atoms with Gasteiger partial charge in [0.2, 0.25) is 0 Å². The Morgan fingerprint density at radius 1 is 1.06 bits per heavy atom. The number of nitrogens with one attached hydrogen (secondary N) is 1. The fourth-order valence-electron chi connectivity index (χ4n) is 1.87. The molecule has 0 bridgehead atoms. The van der Waals surface area contributed by atoms with Crippen molar-refractivity contribution in [2.24, 2.45) is 0 Å². The highest BCUT2D eigenvalue weighted by molar-refractivity contribution is 5.32. The van der Waals surface area contributed by atoms with E-state index in [0.29, 0.717) is 0 Å². The van der Waals surface area contributed by atoms with Gasteiger partial charge in [0, 0.05) is 0 Å². The van der Waals surface area contributed by atoms with Crippen LogP contribution in [0.4, 0.5) is 0 Å². The van der Waals surface area contributed by atoms with Crippen molar-refractivity contribution >= 4 is 0 Å². The van der Waals surface area contributed by atoms with Crippen LogP contribution in [0.2, 0.25) is 0 Å². The summed E-state index contributed by atoms with van der Waals surface area (Å²) in [5.74, 6) is 0. The molecule has 1 atom stereocenters. The lowest BCUT2D eigenvalue weighted by molar-refractivity contribution is 0.691. The first-order chi connectivity index (χ1) is 7.81. The average Bonchev–Trinajstić information content (AvgIpc) is 2.34. The van der Waals surface area contributed by atoms with Gasteiger partial charge < -0.3 is 5.32 Å². The second-order valence-electron chi connectivity index (χ2n) is 3.97. The number of hydrogen-bond donors (Lipinski definition) is 1. The van der Waals surface area contributed by atoms with E-state index in [9.17, 15) is 0 Å². The molecule has 1 radical (unpaired) electrons. The zero-order valence-electron chi connectivity index (χ0n) is 9.70. The Bertz CT molecular complexity index is 431. The average molecular weight is 210 g/mol. The Morgan fingerprint density at radius 2 is 1.81 bits per heavy atom. The predicted octanol–water partition coefficient (Wildman–Crippen LogP) is 3.10. The first-order valence-electron chi connectivity index (χ1n) is 5.51. The van der Waals surface area contributed by atoms with Gasteiger partial charge in [-0.25, -0.2) is 0 Å². The van der Waals surface area contributed by atoms with Crippen LogP contribution in [-0.2, 0) is 0 Å². The van der Waals surface area contributed by atoms with Gasteiger partial charge >= 0.3 is 0 Å².